The molecule has 0 saturated carbocycles. The van der Waals surface area contributed by atoms with E-state index in [1.54, 1.807) is 0 Å². The minimum atomic E-state index is -5.05. The molecule has 0 spiro atoms. The molecule has 24 heavy (non-hydrogen) atoms. The number of aliphatic hydroxyl groups excluding tert-OH is 1. The molecular weight excluding hydrogens is 332 g/mol. The third-order valence-electron chi connectivity index (χ3n) is 3.97. The second kappa shape index (κ2) is 7.16. The number of carbonyl (C=O) groups is 2. The SMILES string of the molecule is O=C(CO)N1CC[C@@H](c2ccc(F)cc2)[C@@H](NC(=O)C(F)(F)F)C1. The van der Waals surface area contributed by atoms with Crippen molar-refractivity contribution in [2.75, 3.05) is 19.7 Å². The summed E-state index contributed by atoms with van der Waals surface area (Å²) in [5.41, 5.74) is 0.569. The normalized spacial score (nSPS) is 21.5. The van der Waals surface area contributed by atoms with E-state index < -0.39 is 42.4 Å². The lowest BCUT2D eigenvalue weighted by molar-refractivity contribution is -0.175. The van der Waals surface area contributed by atoms with E-state index in [4.69, 9.17) is 5.11 Å². The van der Waals surface area contributed by atoms with E-state index in [9.17, 15) is 27.2 Å². The lowest BCUT2D eigenvalue weighted by atomic mass is 9.85. The van der Waals surface area contributed by atoms with Gasteiger partial charge in [-0.25, -0.2) is 4.39 Å². The van der Waals surface area contributed by atoms with E-state index in [0.29, 0.717) is 5.56 Å². The number of rotatable bonds is 3. The first-order valence-corrected chi connectivity index (χ1v) is 7.24. The van der Waals surface area contributed by atoms with E-state index >= 15 is 0 Å². The maximum atomic E-state index is 13.0. The van der Waals surface area contributed by atoms with Crippen molar-refractivity contribution in [1.82, 2.24) is 10.2 Å². The van der Waals surface area contributed by atoms with Gasteiger partial charge in [-0.2, -0.15) is 13.2 Å². The van der Waals surface area contributed by atoms with Crippen molar-refractivity contribution in [3.05, 3.63) is 35.6 Å². The van der Waals surface area contributed by atoms with Crippen LogP contribution in [0.5, 0.6) is 0 Å². The highest BCUT2D eigenvalue weighted by Crippen LogP contribution is 2.29. The van der Waals surface area contributed by atoms with Crippen LogP contribution in [-0.4, -0.2) is 53.7 Å². The highest BCUT2D eigenvalue weighted by Gasteiger charge is 2.42. The van der Waals surface area contributed by atoms with E-state index in [-0.39, 0.29) is 19.5 Å². The largest absolute Gasteiger partial charge is 0.471 e. The van der Waals surface area contributed by atoms with Crippen molar-refractivity contribution in [2.24, 2.45) is 0 Å². The fourth-order valence-corrected chi connectivity index (χ4v) is 2.78. The summed E-state index contributed by atoms with van der Waals surface area (Å²) in [5.74, 6) is -3.71. The first kappa shape index (κ1) is 18.2. The smallest absolute Gasteiger partial charge is 0.387 e. The molecule has 1 saturated heterocycles. The molecule has 1 fully saturated rings. The highest BCUT2D eigenvalue weighted by atomic mass is 19.4. The Kier molecular flexibility index (Phi) is 5.43. The summed E-state index contributed by atoms with van der Waals surface area (Å²) in [5, 5.41) is 10.8. The number of amides is 2. The molecule has 1 aromatic carbocycles. The summed E-state index contributed by atoms with van der Waals surface area (Å²) in [4.78, 5) is 24.0. The number of carbonyl (C=O) groups excluding carboxylic acids is 2. The fraction of sp³-hybridized carbons (Fsp3) is 0.467. The topological polar surface area (TPSA) is 69.6 Å². The molecule has 1 aromatic rings. The van der Waals surface area contributed by atoms with Crippen LogP contribution in [0.3, 0.4) is 0 Å². The third kappa shape index (κ3) is 4.22. The maximum Gasteiger partial charge on any atom is 0.471 e. The van der Waals surface area contributed by atoms with Crippen LogP contribution < -0.4 is 5.32 Å². The number of alkyl halides is 3. The average Bonchev–Trinajstić information content (AvgIpc) is 2.54. The molecular formula is C15H16F4N2O3. The molecule has 0 aliphatic carbocycles. The minimum Gasteiger partial charge on any atom is -0.387 e. The Morgan fingerprint density at radius 2 is 1.88 bits per heavy atom. The Hall–Kier alpha value is -2.16. The molecule has 1 aliphatic heterocycles. The Balaban J connectivity index is 2.22. The molecule has 0 bridgehead atoms. The van der Waals surface area contributed by atoms with Crippen LogP contribution >= 0.6 is 0 Å². The number of piperidine rings is 1. The van der Waals surface area contributed by atoms with Gasteiger partial charge in [0.15, 0.2) is 0 Å². The van der Waals surface area contributed by atoms with Crippen molar-refractivity contribution in [3.63, 3.8) is 0 Å². The highest BCUT2D eigenvalue weighted by molar-refractivity contribution is 5.82. The van der Waals surface area contributed by atoms with Gasteiger partial charge in [0.1, 0.15) is 12.4 Å². The second-order valence-electron chi connectivity index (χ2n) is 5.52. The van der Waals surface area contributed by atoms with Crippen LogP contribution in [0.4, 0.5) is 17.6 Å². The summed E-state index contributed by atoms with van der Waals surface area (Å²) in [7, 11) is 0. The van der Waals surface area contributed by atoms with Crippen LogP contribution in [-0.2, 0) is 9.59 Å². The molecule has 9 heteroatoms. The molecule has 2 atom stereocenters. The second-order valence-corrected chi connectivity index (χ2v) is 5.52. The van der Waals surface area contributed by atoms with E-state index in [1.165, 1.54) is 29.2 Å². The molecule has 2 rings (SSSR count). The number of aliphatic hydroxyl groups is 1. The van der Waals surface area contributed by atoms with Crippen LogP contribution in [0, 0.1) is 5.82 Å². The van der Waals surface area contributed by atoms with Crippen LogP contribution in [0.25, 0.3) is 0 Å². The number of nitrogens with one attached hydrogen (secondary N) is 1. The molecule has 1 heterocycles. The average molecular weight is 348 g/mol. The summed E-state index contributed by atoms with van der Waals surface area (Å²) in [6, 6.07) is 4.26. The monoisotopic (exact) mass is 348 g/mol. The van der Waals surface area contributed by atoms with Gasteiger partial charge in [0.2, 0.25) is 5.91 Å². The van der Waals surface area contributed by atoms with Gasteiger partial charge in [0.25, 0.3) is 0 Å². The quantitative estimate of drug-likeness (QED) is 0.806. The van der Waals surface area contributed by atoms with E-state index in [2.05, 4.69) is 0 Å². The molecule has 2 N–H and O–H groups in total. The van der Waals surface area contributed by atoms with E-state index in [1.807, 2.05) is 5.32 Å². The Bertz CT molecular complexity index is 604. The molecule has 5 nitrogen and oxygen atoms in total. The summed E-state index contributed by atoms with van der Waals surface area (Å²) >= 11 is 0. The lowest BCUT2D eigenvalue weighted by Crippen LogP contribution is -2.55. The number of hydrogen-bond donors (Lipinski definition) is 2. The Labute approximate surface area is 135 Å². The van der Waals surface area contributed by atoms with Crippen LogP contribution in [0.1, 0.15) is 17.9 Å². The van der Waals surface area contributed by atoms with Crippen molar-refractivity contribution >= 4 is 11.8 Å². The zero-order valence-electron chi connectivity index (χ0n) is 12.5. The first-order valence-electron chi connectivity index (χ1n) is 7.24. The molecule has 1 aliphatic rings. The number of likely N-dealkylation sites (tertiary alicyclic amines) is 1. The summed E-state index contributed by atoms with van der Waals surface area (Å²) in [6.45, 7) is -0.704. The van der Waals surface area contributed by atoms with Gasteiger partial charge >= 0.3 is 12.1 Å². The Morgan fingerprint density at radius 3 is 2.42 bits per heavy atom. The molecule has 0 unspecified atom stereocenters. The van der Waals surface area contributed by atoms with E-state index in [0.717, 1.165) is 0 Å². The first-order chi connectivity index (χ1) is 11.2. The van der Waals surface area contributed by atoms with Crippen molar-refractivity contribution in [2.45, 2.75) is 24.6 Å². The number of hydrogen-bond acceptors (Lipinski definition) is 3. The standard InChI is InChI=1S/C15H16F4N2O3/c16-10-3-1-9(2-4-10)11-5-6-21(13(23)8-22)7-12(11)20-14(24)15(17,18)19/h1-4,11-12,22H,5-8H2,(H,20,24)/t11-,12-/m0/s1. The van der Waals surface area contributed by atoms with Gasteiger partial charge in [-0.3, -0.25) is 9.59 Å². The molecule has 0 aromatic heterocycles. The number of nitrogens with zero attached hydrogens (tertiary/aromatic N) is 1. The molecule has 2 amide bonds. The molecule has 0 radical (unpaired) electrons. The third-order valence-corrected chi connectivity index (χ3v) is 3.97. The lowest BCUT2D eigenvalue weighted by Gasteiger charge is -2.39. The van der Waals surface area contributed by atoms with Gasteiger partial charge in [-0.15, -0.1) is 0 Å². The predicted octanol–water partition coefficient (Wildman–Crippen LogP) is 1.18. The predicted molar refractivity (Wildman–Crippen MR) is 75.4 cm³/mol. The Morgan fingerprint density at radius 1 is 1.25 bits per heavy atom. The van der Waals surface area contributed by atoms with Crippen LogP contribution in [0.2, 0.25) is 0 Å². The van der Waals surface area contributed by atoms with Gasteiger partial charge in [-0.1, -0.05) is 12.1 Å². The summed E-state index contributed by atoms with van der Waals surface area (Å²) < 4.78 is 50.6. The van der Waals surface area contributed by atoms with Gasteiger partial charge < -0.3 is 15.3 Å². The van der Waals surface area contributed by atoms with Crippen LogP contribution in [0.15, 0.2) is 24.3 Å². The number of benzene rings is 1. The minimum absolute atomic E-state index is 0.163. The van der Waals surface area contributed by atoms with Crippen molar-refractivity contribution < 1.29 is 32.3 Å². The molecule has 132 valence electrons. The van der Waals surface area contributed by atoms with Gasteiger partial charge in [0.05, 0.1) is 6.04 Å². The van der Waals surface area contributed by atoms with Gasteiger partial charge in [0, 0.05) is 19.0 Å². The number of halogens is 4. The maximum absolute atomic E-state index is 13.0. The van der Waals surface area contributed by atoms with Gasteiger partial charge in [-0.05, 0) is 24.1 Å². The summed E-state index contributed by atoms with van der Waals surface area (Å²) in [6.07, 6.45) is -4.77. The van der Waals surface area contributed by atoms with Crippen molar-refractivity contribution in [1.29, 1.82) is 0 Å². The van der Waals surface area contributed by atoms with Crippen molar-refractivity contribution in [3.8, 4) is 0 Å². The zero-order valence-corrected chi connectivity index (χ0v) is 12.5. The fourth-order valence-electron chi connectivity index (χ4n) is 2.78. The zero-order chi connectivity index (χ0) is 17.9.